The molecule has 0 unspecified atom stereocenters. The molecule has 0 fully saturated rings. The van der Waals surface area contributed by atoms with Gasteiger partial charge in [-0.3, -0.25) is 8.63 Å². The van der Waals surface area contributed by atoms with Gasteiger partial charge in [0.2, 0.25) is 0 Å². The fourth-order valence-corrected chi connectivity index (χ4v) is 0.0577. The Kier molecular flexibility index (Phi) is 20.4. The number of nitrogens with zero attached hydrogens (tertiary/aromatic N) is 4. The van der Waals surface area contributed by atoms with Crippen LogP contribution in [0.25, 0.3) is 0 Å². The zero-order valence-electron chi connectivity index (χ0n) is 6.70. The topological polar surface area (TPSA) is 95.2 Å². The van der Waals surface area contributed by atoms with Crippen LogP contribution in [0.15, 0.2) is 0 Å². The van der Waals surface area contributed by atoms with E-state index in [1.807, 2.05) is 0 Å². The van der Waals surface area contributed by atoms with E-state index in [2.05, 4.69) is 0 Å². The van der Waals surface area contributed by atoms with Crippen molar-refractivity contribution in [3.05, 3.63) is 0 Å². The molecule has 0 aromatic carbocycles. The third kappa shape index (κ3) is 18.6. The maximum absolute atomic E-state index is 11.1. The van der Waals surface area contributed by atoms with Gasteiger partial charge < -0.3 is 0 Å². The van der Waals surface area contributed by atoms with E-state index in [1.165, 1.54) is 0 Å². The average molecular weight is 249 g/mol. The predicted octanol–water partition coefficient (Wildman–Crippen LogP) is -0.235. The molecule has 0 amide bonds. The molecule has 0 spiro atoms. The van der Waals surface area contributed by atoms with Crippen molar-refractivity contribution in [1.29, 1.82) is 21.0 Å². The first-order valence-electron chi connectivity index (χ1n) is 2.49. The van der Waals surface area contributed by atoms with Crippen LogP contribution >= 0.6 is 0 Å². The van der Waals surface area contributed by atoms with Crippen LogP contribution in [0.3, 0.4) is 0 Å². The van der Waals surface area contributed by atoms with Crippen molar-refractivity contribution < 1.29 is 8.63 Å². The maximum atomic E-state index is 11.1. The number of halogens is 2. The van der Waals surface area contributed by atoms with Gasteiger partial charge in [0.15, 0.2) is 0 Å². The second kappa shape index (κ2) is 14.3. The number of nitriles is 4. The molecule has 0 aromatic rings. The molecule has 0 N–H and O–H groups in total. The Labute approximate surface area is 124 Å². The van der Waals surface area contributed by atoms with Crippen molar-refractivity contribution >= 4 is 72.2 Å². The van der Waals surface area contributed by atoms with E-state index in [-0.39, 0.29) is 58.2 Å². The van der Waals surface area contributed by atoms with E-state index in [9.17, 15) is 8.63 Å². The van der Waals surface area contributed by atoms with Crippen molar-refractivity contribution in [2.45, 2.75) is 0 Å². The second-order valence-electron chi connectivity index (χ2n) is 1.24. The Morgan fingerprint density at radius 3 is 0.846 bits per heavy atom. The van der Waals surface area contributed by atoms with Crippen LogP contribution < -0.4 is 0 Å². The SMILES string of the molecule is N#CB(F)C#N.N#CB(F)C#N.[Rb]. The van der Waals surface area contributed by atoms with Gasteiger partial charge in [-0.2, -0.15) is 0 Å². The van der Waals surface area contributed by atoms with Gasteiger partial charge in [0.1, 0.15) is 0 Å². The van der Waals surface area contributed by atoms with Gasteiger partial charge in [-0.1, -0.05) is 0 Å². The second-order valence-corrected chi connectivity index (χ2v) is 1.24. The molecule has 0 rings (SSSR count). The molecule has 0 saturated heterocycles. The Morgan fingerprint density at radius 2 is 0.846 bits per heavy atom. The molecule has 0 saturated carbocycles. The minimum Gasteiger partial charge on any atom is -0.292 e. The predicted molar refractivity (Wildman–Crippen MR) is 41.9 cm³/mol. The molecule has 57 valence electrons. The molecule has 9 heteroatoms. The van der Waals surface area contributed by atoms with Crippen molar-refractivity contribution in [1.82, 2.24) is 0 Å². The van der Waals surface area contributed by atoms with E-state index in [0.717, 1.165) is 23.9 Å². The number of hydrogen-bond donors (Lipinski definition) is 0. The Morgan fingerprint density at radius 1 is 0.692 bits per heavy atom. The summed E-state index contributed by atoms with van der Waals surface area (Å²) in [4.78, 5) is 0. The van der Waals surface area contributed by atoms with Crippen LogP contribution in [-0.2, 0) is 0 Å². The van der Waals surface area contributed by atoms with Crippen LogP contribution in [0, 0.1) is 44.9 Å². The zero-order valence-corrected chi connectivity index (χ0v) is 11.6. The summed E-state index contributed by atoms with van der Waals surface area (Å²) in [5, 5.41) is 29.9. The van der Waals surface area contributed by atoms with Crippen LogP contribution in [-0.4, -0.2) is 72.2 Å². The monoisotopic (exact) mass is 249 g/mol. The largest absolute Gasteiger partial charge is 0.567 e. The molecular weight excluding hydrogens is 249 g/mol. The summed E-state index contributed by atoms with van der Waals surface area (Å²) in [6.07, 6.45) is 0. The summed E-state index contributed by atoms with van der Waals surface area (Å²) in [5.41, 5.74) is 0. The molecule has 0 aromatic heterocycles. The minimum absolute atomic E-state index is 0. The molecule has 1 radical (unpaired) electrons. The normalized spacial score (nSPS) is 4.77. The minimum atomic E-state index is -1.95. The number of rotatable bonds is 0. The van der Waals surface area contributed by atoms with Gasteiger partial charge in [0.05, 0.1) is 23.9 Å². The van der Waals surface area contributed by atoms with Crippen LogP contribution in [0.2, 0.25) is 0 Å². The number of hydrogen-bond acceptors (Lipinski definition) is 4. The van der Waals surface area contributed by atoms with Crippen molar-refractivity contribution in [2.75, 3.05) is 0 Å². The van der Waals surface area contributed by atoms with E-state index in [1.54, 1.807) is 0 Å². The Balaban J connectivity index is -0.000000143. The summed E-state index contributed by atoms with van der Waals surface area (Å²) in [5.74, 6) is 4.35. The molecule has 4 nitrogen and oxygen atoms in total. The van der Waals surface area contributed by atoms with Crippen LogP contribution in [0.4, 0.5) is 8.63 Å². The third-order valence-electron chi connectivity index (χ3n) is 0.453. The van der Waals surface area contributed by atoms with Crippen LogP contribution in [0.1, 0.15) is 0 Å². The summed E-state index contributed by atoms with van der Waals surface area (Å²) in [6.45, 7) is -3.91. The standard InChI is InChI=1S/2C2BFN2.Rb/c2*4-3(1-5)2-6;. The summed E-state index contributed by atoms with van der Waals surface area (Å²) >= 11 is 0. The van der Waals surface area contributed by atoms with Crippen LogP contribution in [0.5, 0.6) is 0 Å². The van der Waals surface area contributed by atoms with Gasteiger partial charge in [-0.25, -0.2) is 21.0 Å². The first kappa shape index (κ1) is 18.5. The molecule has 0 aliphatic rings. The van der Waals surface area contributed by atoms with E-state index < -0.39 is 14.0 Å². The van der Waals surface area contributed by atoms with Gasteiger partial charge in [0, 0.05) is 58.2 Å². The van der Waals surface area contributed by atoms with E-state index in [0.29, 0.717) is 0 Å². The van der Waals surface area contributed by atoms with Crippen molar-refractivity contribution in [3.8, 4) is 23.9 Å². The van der Waals surface area contributed by atoms with Crippen molar-refractivity contribution in [2.24, 2.45) is 0 Å². The first-order valence-corrected chi connectivity index (χ1v) is 2.49. The van der Waals surface area contributed by atoms with Gasteiger partial charge in [-0.05, 0) is 0 Å². The fraction of sp³-hybridized carbons (Fsp3) is 0. The van der Waals surface area contributed by atoms with E-state index >= 15 is 0 Å². The molecule has 0 bridgehead atoms. The third-order valence-corrected chi connectivity index (χ3v) is 0.453. The van der Waals surface area contributed by atoms with Gasteiger partial charge in [-0.15, -0.1) is 0 Å². The smallest absolute Gasteiger partial charge is 0.292 e. The molecule has 13 heavy (non-hydrogen) atoms. The van der Waals surface area contributed by atoms with Gasteiger partial charge >= 0.3 is 14.0 Å². The average Bonchev–Trinajstić information content (AvgIpc) is 2.16. The quantitative estimate of drug-likeness (QED) is 0.554. The Hall–Kier alpha value is -0.245. The fourth-order valence-electron chi connectivity index (χ4n) is 0.0577. The molecule has 0 aliphatic carbocycles. The maximum Gasteiger partial charge on any atom is 0.567 e. The van der Waals surface area contributed by atoms with E-state index in [4.69, 9.17) is 21.0 Å². The summed E-state index contributed by atoms with van der Waals surface area (Å²) in [6, 6.07) is 0. The molecule has 0 atom stereocenters. The molecular formula is C4B2F2N4Rb. The molecule has 0 aliphatic heterocycles. The Bertz CT molecular complexity index is 226. The van der Waals surface area contributed by atoms with Crippen molar-refractivity contribution in [3.63, 3.8) is 0 Å². The summed E-state index contributed by atoms with van der Waals surface area (Å²) < 4.78 is 22.3. The first-order chi connectivity index (χ1) is 5.62. The molecule has 0 heterocycles. The summed E-state index contributed by atoms with van der Waals surface area (Å²) in [7, 11) is 0. The van der Waals surface area contributed by atoms with Gasteiger partial charge in [0.25, 0.3) is 0 Å². The zero-order chi connectivity index (χ0) is 9.98.